The minimum Gasteiger partial charge on any atom is -0.389 e. The highest BCUT2D eigenvalue weighted by Crippen LogP contribution is 2.20. The summed E-state index contributed by atoms with van der Waals surface area (Å²) in [5.41, 5.74) is 1.28. The Kier molecular flexibility index (Phi) is 5.19. The first-order chi connectivity index (χ1) is 9.20. The summed E-state index contributed by atoms with van der Waals surface area (Å²) in [5, 5.41) is 9.79. The Morgan fingerprint density at radius 1 is 1.32 bits per heavy atom. The van der Waals surface area contributed by atoms with Gasteiger partial charge in [-0.2, -0.15) is 0 Å². The number of piperazine rings is 1. The van der Waals surface area contributed by atoms with E-state index in [0.717, 1.165) is 19.6 Å². The number of rotatable bonds is 5. The van der Waals surface area contributed by atoms with Crippen molar-refractivity contribution in [2.45, 2.75) is 19.1 Å². The van der Waals surface area contributed by atoms with Crippen molar-refractivity contribution in [1.29, 1.82) is 0 Å². The van der Waals surface area contributed by atoms with E-state index in [9.17, 15) is 5.11 Å². The molecule has 106 valence electrons. The van der Waals surface area contributed by atoms with Gasteiger partial charge in [0.1, 0.15) is 0 Å². The summed E-state index contributed by atoms with van der Waals surface area (Å²) in [6.45, 7) is 6.32. The van der Waals surface area contributed by atoms with Gasteiger partial charge in [0.05, 0.1) is 12.7 Å². The Hall–Kier alpha value is -1.10. The average molecular weight is 264 g/mol. The maximum atomic E-state index is 9.79. The SMILES string of the molecule is COC[C@@H](O)CN1CCN(c2ccccc2)[C@@H](C)C1. The van der Waals surface area contributed by atoms with Crippen molar-refractivity contribution < 1.29 is 9.84 Å². The zero-order valence-corrected chi connectivity index (χ0v) is 11.8. The Morgan fingerprint density at radius 2 is 2.05 bits per heavy atom. The molecule has 0 bridgehead atoms. The average Bonchev–Trinajstić information content (AvgIpc) is 2.40. The summed E-state index contributed by atoms with van der Waals surface area (Å²) < 4.78 is 4.98. The second-order valence-electron chi connectivity index (χ2n) is 5.25. The molecule has 2 atom stereocenters. The van der Waals surface area contributed by atoms with Crippen LogP contribution in [0.5, 0.6) is 0 Å². The Labute approximate surface area is 115 Å². The van der Waals surface area contributed by atoms with Crippen LogP contribution in [0.2, 0.25) is 0 Å². The number of hydrogen-bond donors (Lipinski definition) is 1. The molecule has 0 radical (unpaired) electrons. The van der Waals surface area contributed by atoms with Crippen LogP contribution in [-0.4, -0.2) is 62.0 Å². The van der Waals surface area contributed by atoms with Crippen LogP contribution in [0, 0.1) is 0 Å². The highest BCUT2D eigenvalue weighted by atomic mass is 16.5. The molecule has 1 heterocycles. The number of nitrogens with zero attached hydrogens (tertiary/aromatic N) is 2. The van der Waals surface area contributed by atoms with Gasteiger partial charge in [-0.15, -0.1) is 0 Å². The highest BCUT2D eigenvalue weighted by molar-refractivity contribution is 5.47. The van der Waals surface area contributed by atoms with Crippen LogP contribution in [0.15, 0.2) is 30.3 Å². The largest absolute Gasteiger partial charge is 0.389 e. The van der Waals surface area contributed by atoms with E-state index >= 15 is 0 Å². The Morgan fingerprint density at radius 3 is 2.68 bits per heavy atom. The number of benzene rings is 1. The third-order valence-electron chi connectivity index (χ3n) is 3.63. The van der Waals surface area contributed by atoms with Crippen LogP contribution in [-0.2, 0) is 4.74 Å². The zero-order valence-electron chi connectivity index (χ0n) is 11.8. The van der Waals surface area contributed by atoms with E-state index in [-0.39, 0.29) is 6.10 Å². The molecular formula is C15H24N2O2. The van der Waals surface area contributed by atoms with Crippen molar-refractivity contribution in [2.24, 2.45) is 0 Å². The summed E-state index contributed by atoms with van der Waals surface area (Å²) in [6, 6.07) is 11.0. The molecule has 0 aliphatic carbocycles. The van der Waals surface area contributed by atoms with Gasteiger partial charge < -0.3 is 14.7 Å². The molecule has 1 aliphatic heterocycles. The smallest absolute Gasteiger partial charge is 0.0900 e. The van der Waals surface area contributed by atoms with Crippen LogP contribution >= 0.6 is 0 Å². The first-order valence-electron chi connectivity index (χ1n) is 6.91. The quantitative estimate of drug-likeness (QED) is 0.867. The fourth-order valence-corrected chi connectivity index (χ4v) is 2.75. The summed E-state index contributed by atoms with van der Waals surface area (Å²) in [5.74, 6) is 0. The van der Waals surface area contributed by atoms with Gasteiger partial charge in [0.25, 0.3) is 0 Å². The highest BCUT2D eigenvalue weighted by Gasteiger charge is 2.24. The first kappa shape index (κ1) is 14.3. The lowest BCUT2D eigenvalue weighted by Gasteiger charge is -2.41. The van der Waals surface area contributed by atoms with E-state index in [2.05, 4.69) is 41.0 Å². The maximum absolute atomic E-state index is 9.79. The number of anilines is 1. The monoisotopic (exact) mass is 264 g/mol. The molecule has 1 saturated heterocycles. The molecule has 0 unspecified atom stereocenters. The van der Waals surface area contributed by atoms with Crippen LogP contribution in [0.3, 0.4) is 0 Å². The molecule has 1 aromatic rings. The molecule has 0 amide bonds. The van der Waals surface area contributed by atoms with Gasteiger partial charge in [-0.3, -0.25) is 4.90 Å². The van der Waals surface area contributed by atoms with E-state index in [1.54, 1.807) is 7.11 Å². The van der Waals surface area contributed by atoms with Gasteiger partial charge in [-0.1, -0.05) is 18.2 Å². The van der Waals surface area contributed by atoms with Crippen molar-refractivity contribution >= 4 is 5.69 Å². The summed E-state index contributed by atoms with van der Waals surface area (Å²) in [7, 11) is 1.62. The number of para-hydroxylation sites is 1. The molecule has 4 heteroatoms. The summed E-state index contributed by atoms with van der Waals surface area (Å²) >= 11 is 0. The fourth-order valence-electron chi connectivity index (χ4n) is 2.75. The number of β-amino-alcohol motifs (C(OH)–C–C–N with tert-alkyl or cyclic N) is 1. The van der Waals surface area contributed by atoms with Gasteiger partial charge >= 0.3 is 0 Å². The minimum absolute atomic E-state index is 0.388. The van der Waals surface area contributed by atoms with Crippen LogP contribution in [0.25, 0.3) is 0 Å². The third kappa shape index (κ3) is 3.93. The first-order valence-corrected chi connectivity index (χ1v) is 6.91. The molecule has 0 saturated carbocycles. The van der Waals surface area contributed by atoms with Crippen molar-refractivity contribution in [3.8, 4) is 0 Å². The minimum atomic E-state index is -0.388. The summed E-state index contributed by atoms with van der Waals surface area (Å²) in [4.78, 5) is 4.74. The lowest BCUT2D eigenvalue weighted by atomic mass is 10.1. The Balaban J connectivity index is 1.88. The Bertz CT molecular complexity index is 372. The number of ether oxygens (including phenoxy) is 1. The molecular weight excluding hydrogens is 240 g/mol. The zero-order chi connectivity index (χ0) is 13.7. The molecule has 19 heavy (non-hydrogen) atoms. The lowest BCUT2D eigenvalue weighted by molar-refractivity contribution is 0.0339. The molecule has 0 aromatic heterocycles. The van der Waals surface area contributed by atoms with E-state index in [1.165, 1.54) is 5.69 Å². The van der Waals surface area contributed by atoms with Gasteiger partial charge in [0.15, 0.2) is 0 Å². The molecule has 1 aliphatic rings. The number of aliphatic hydroxyl groups excluding tert-OH is 1. The van der Waals surface area contributed by atoms with Gasteiger partial charge in [0, 0.05) is 45.0 Å². The number of methoxy groups -OCH3 is 1. The summed E-state index contributed by atoms with van der Waals surface area (Å²) in [6.07, 6.45) is -0.388. The molecule has 1 fully saturated rings. The van der Waals surface area contributed by atoms with Gasteiger partial charge in [-0.05, 0) is 19.1 Å². The second kappa shape index (κ2) is 6.89. The predicted molar refractivity (Wildman–Crippen MR) is 77.6 cm³/mol. The van der Waals surface area contributed by atoms with Gasteiger partial charge in [0.2, 0.25) is 0 Å². The molecule has 2 rings (SSSR count). The van der Waals surface area contributed by atoms with Crippen molar-refractivity contribution in [3.05, 3.63) is 30.3 Å². The van der Waals surface area contributed by atoms with Crippen LogP contribution < -0.4 is 4.90 Å². The number of hydrogen-bond acceptors (Lipinski definition) is 4. The van der Waals surface area contributed by atoms with Crippen molar-refractivity contribution in [2.75, 3.05) is 44.8 Å². The number of aliphatic hydroxyl groups is 1. The lowest BCUT2D eigenvalue weighted by Crippen LogP contribution is -2.53. The fraction of sp³-hybridized carbons (Fsp3) is 0.600. The van der Waals surface area contributed by atoms with Crippen molar-refractivity contribution in [1.82, 2.24) is 4.90 Å². The van der Waals surface area contributed by atoms with E-state index in [0.29, 0.717) is 19.2 Å². The van der Waals surface area contributed by atoms with E-state index in [4.69, 9.17) is 4.74 Å². The molecule has 1 aromatic carbocycles. The normalized spacial score (nSPS) is 22.5. The molecule has 0 spiro atoms. The van der Waals surface area contributed by atoms with Crippen LogP contribution in [0.4, 0.5) is 5.69 Å². The molecule has 1 N–H and O–H groups in total. The third-order valence-corrected chi connectivity index (χ3v) is 3.63. The van der Waals surface area contributed by atoms with E-state index in [1.807, 2.05) is 6.07 Å². The van der Waals surface area contributed by atoms with Crippen LogP contribution in [0.1, 0.15) is 6.92 Å². The second-order valence-corrected chi connectivity index (χ2v) is 5.25. The van der Waals surface area contributed by atoms with Gasteiger partial charge in [-0.25, -0.2) is 0 Å². The van der Waals surface area contributed by atoms with Crippen molar-refractivity contribution in [3.63, 3.8) is 0 Å². The maximum Gasteiger partial charge on any atom is 0.0900 e. The topological polar surface area (TPSA) is 35.9 Å². The standard InChI is InChI=1S/C15H24N2O2/c1-13-10-16(11-15(18)12-19-2)8-9-17(13)14-6-4-3-5-7-14/h3-7,13,15,18H,8-12H2,1-2H3/t13-,15-/m0/s1. The predicted octanol–water partition coefficient (Wildman–Crippen LogP) is 1.20. The van der Waals surface area contributed by atoms with E-state index < -0.39 is 0 Å². The molecule has 4 nitrogen and oxygen atoms in total.